The maximum Gasteiger partial charge on any atom is 0.119 e. The van der Waals surface area contributed by atoms with Gasteiger partial charge in [-0.3, -0.25) is 0 Å². The van der Waals surface area contributed by atoms with Crippen molar-refractivity contribution in [2.45, 2.75) is 32.2 Å². The summed E-state index contributed by atoms with van der Waals surface area (Å²) in [7, 11) is 1.71. The van der Waals surface area contributed by atoms with Crippen molar-refractivity contribution in [2.24, 2.45) is 0 Å². The molecule has 2 rings (SSSR count). The predicted molar refractivity (Wildman–Crippen MR) is 88.8 cm³/mol. The fourth-order valence-corrected chi connectivity index (χ4v) is 2.58. The minimum absolute atomic E-state index is 0.446. The second-order valence-corrected chi connectivity index (χ2v) is 5.31. The number of hydrogen-bond donors (Lipinski definition) is 1. The van der Waals surface area contributed by atoms with Crippen LogP contribution in [-0.2, 0) is 6.42 Å². The maximum absolute atomic E-state index is 5.27. The van der Waals surface area contributed by atoms with Crippen molar-refractivity contribution < 1.29 is 4.74 Å². The average molecular weight is 283 g/mol. The van der Waals surface area contributed by atoms with Crippen molar-refractivity contribution in [3.05, 3.63) is 65.7 Å². The van der Waals surface area contributed by atoms with Crippen molar-refractivity contribution in [2.75, 3.05) is 13.7 Å². The Balaban J connectivity index is 1.90. The first kappa shape index (κ1) is 15.6. The lowest BCUT2D eigenvalue weighted by molar-refractivity contribution is 0.414. The van der Waals surface area contributed by atoms with E-state index in [-0.39, 0.29) is 0 Å². The highest BCUT2D eigenvalue weighted by molar-refractivity contribution is 5.28. The molecule has 2 heteroatoms. The van der Waals surface area contributed by atoms with Gasteiger partial charge < -0.3 is 10.1 Å². The van der Waals surface area contributed by atoms with Gasteiger partial charge in [0.25, 0.3) is 0 Å². The molecule has 0 saturated carbocycles. The second-order valence-electron chi connectivity index (χ2n) is 5.31. The van der Waals surface area contributed by atoms with Gasteiger partial charge in [-0.05, 0) is 42.6 Å². The molecular formula is C19H25NO. The van der Waals surface area contributed by atoms with Crippen LogP contribution in [0.4, 0.5) is 0 Å². The maximum atomic E-state index is 5.27. The van der Waals surface area contributed by atoms with Crippen LogP contribution in [-0.4, -0.2) is 13.7 Å². The van der Waals surface area contributed by atoms with Crippen LogP contribution in [0.25, 0.3) is 0 Å². The highest BCUT2D eigenvalue weighted by atomic mass is 16.5. The van der Waals surface area contributed by atoms with E-state index in [0.29, 0.717) is 6.04 Å². The molecule has 0 saturated heterocycles. The smallest absolute Gasteiger partial charge is 0.119 e. The number of rotatable bonds is 8. The summed E-state index contributed by atoms with van der Waals surface area (Å²) in [5.74, 6) is 0.931. The fourth-order valence-electron chi connectivity index (χ4n) is 2.58. The van der Waals surface area contributed by atoms with Gasteiger partial charge in [0.05, 0.1) is 7.11 Å². The van der Waals surface area contributed by atoms with Crippen molar-refractivity contribution in [3.8, 4) is 5.75 Å². The minimum Gasteiger partial charge on any atom is -0.497 e. The summed E-state index contributed by atoms with van der Waals surface area (Å²) >= 11 is 0. The molecule has 0 radical (unpaired) electrons. The van der Waals surface area contributed by atoms with Crippen molar-refractivity contribution in [1.82, 2.24) is 5.32 Å². The third-order valence-electron chi connectivity index (χ3n) is 3.72. The van der Waals surface area contributed by atoms with Gasteiger partial charge in [-0.15, -0.1) is 0 Å². The zero-order valence-corrected chi connectivity index (χ0v) is 13.0. The molecule has 0 aliphatic carbocycles. The van der Waals surface area contributed by atoms with Gasteiger partial charge in [0.2, 0.25) is 0 Å². The molecule has 0 amide bonds. The molecule has 0 aromatic heterocycles. The largest absolute Gasteiger partial charge is 0.497 e. The molecule has 0 aliphatic rings. The summed E-state index contributed by atoms with van der Waals surface area (Å²) in [6.07, 6.45) is 3.37. The van der Waals surface area contributed by atoms with Crippen LogP contribution in [0.2, 0.25) is 0 Å². The number of hydrogen-bond acceptors (Lipinski definition) is 2. The van der Waals surface area contributed by atoms with Gasteiger partial charge in [-0.25, -0.2) is 0 Å². The molecule has 2 aromatic carbocycles. The summed E-state index contributed by atoms with van der Waals surface area (Å²) in [5, 5.41) is 3.68. The lowest BCUT2D eigenvalue weighted by Gasteiger charge is -2.18. The molecule has 21 heavy (non-hydrogen) atoms. The van der Waals surface area contributed by atoms with E-state index in [1.807, 2.05) is 6.07 Å². The summed E-state index contributed by atoms with van der Waals surface area (Å²) in [4.78, 5) is 0. The molecule has 0 fully saturated rings. The van der Waals surface area contributed by atoms with Crippen LogP contribution < -0.4 is 10.1 Å². The molecule has 0 spiro atoms. The zero-order valence-electron chi connectivity index (χ0n) is 13.0. The first-order valence-electron chi connectivity index (χ1n) is 7.74. The number of methoxy groups -OCH3 is 1. The van der Waals surface area contributed by atoms with E-state index < -0.39 is 0 Å². The van der Waals surface area contributed by atoms with Gasteiger partial charge in [0.1, 0.15) is 5.75 Å². The Hall–Kier alpha value is -1.80. The van der Waals surface area contributed by atoms with Gasteiger partial charge in [-0.1, -0.05) is 55.8 Å². The Bertz CT molecular complexity index is 524. The molecule has 1 unspecified atom stereocenters. The summed E-state index contributed by atoms with van der Waals surface area (Å²) in [5.41, 5.74) is 2.69. The van der Waals surface area contributed by atoms with Crippen LogP contribution in [0.3, 0.4) is 0 Å². The van der Waals surface area contributed by atoms with E-state index >= 15 is 0 Å². The molecule has 2 nitrogen and oxygen atoms in total. The SMILES string of the molecule is CCCC(NCCc1cccc(OC)c1)c1ccccc1. The summed E-state index contributed by atoms with van der Waals surface area (Å²) in [6.45, 7) is 3.21. The minimum atomic E-state index is 0.446. The summed E-state index contributed by atoms with van der Waals surface area (Å²) < 4.78 is 5.27. The van der Waals surface area contributed by atoms with E-state index in [1.54, 1.807) is 7.11 Å². The van der Waals surface area contributed by atoms with Gasteiger partial charge in [-0.2, -0.15) is 0 Å². The van der Waals surface area contributed by atoms with E-state index in [4.69, 9.17) is 4.74 Å². The van der Waals surface area contributed by atoms with Crippen LogP contribution in [0.5, 0.6) is 5.75 Å². The summed E-state index contributed by atoms with van der Waals surface area (Å²) in [6, 6.07) is 19.5. The molecule has 0 heterocycles. The Morgan fingerprint density at radius 1 is 1.05 bits per heavy atom. The number of ether oxygens (including phenoxy) is 1. The molecule has 0 aliphatic heterocycles. The van der Waals surface area contributed by atoms with E-state index in [1.165, 1.54) is 24.0 Å². The van der Waals surface area contributed by atoms with Crippen molar-refractivity contribution in [1.29, 1.82) is 0 Å². The standard InChI is InChI=1S/C19H25NO/c1-3-8-19(17-10-5-4-6-11-17)20-14-13-16-9-7-12-18(15-16)21-2/h4-7,9-12,15,19-20H,3,8,13-14H2,1-2H3. The van der Waals surface area contributed by atoms with Gasteiger partial charge >= 0.3 is 0 Å². The highest BCUT2D eigenvalue weighted by Gasteiger charge is 2.09. The molecule has 0 bridgehead atoms. The number of nitrogens with one attached hydrogen (secondary N) is 1. The highest BCUT2D eigenvalue weighted by Crippen LogP contribution is 2.18. The van der Waals surface area contributed by atoms with Crippen molar-refractivity contribution >= 4 is 0 Å². The molecular weight excluding hydrogens is 258 g/mol. The predicted octanol–water partition coefficient (Wildman–Crippen LogP) is 4.37. The quantitative estimate of drug-likeness (QED) is 0.777. The van der Waals surface area contributed by atoms with Gasteiger partial charge in [0.15, 0.2) is 0 Å². The van der Waals surface area contributed by atoms with Gasteiger partial charge in [0, 0.05) is 6.04 Å². The normalized spacial score (nSPS) is 12.1. The van der Waals surface area contributed by atoms with E-state index in [2.05, 4.69) is 60.8 Å². The topological polar surface area (TPSA) is 21.3 Å². The van der Waals surface area contributed by atoms with Crippen LogP contribution in [0, 0.1) is 0 Å². The lowest BCUT2D eigenvalue weighted by Crippen LogP contribution is -2.23. The lowest BCUT2D eigenvalue weighted by atomic mass is 10.0. The second kappa shape index (κ2) is 8.48. The third kappa shape index (κ3) is 4.91. The number of benzene rings is 2. The van der Waals surface area contributed by atoms with Crippen LogP contribution in [0.1, 0.15) is 36.9 Å². The molecule has 1 N–H and O–H groups in total. The average Bonchev–Trinajstić information content (AvgIpc) is 2.55. The first-order valence-corrected chi connectivity index (χ1v) is 7.74. The van der Waals surface area contributed by atoms with E-state index in [9.17, 15) is 0 Å². The van der Waals surface area contributed by atoms with Crippen LogP contribution >= 0.6 is 0 Å². The first-order chi connectivity index (χ1) is 10.3. The Labute approximate surface area is 128 Å². The van der Waals surface area contributed by atoms with Crippen LogP contribution in [0.15, 0.2) is 54.6 Å². The van der Waals surface area contributed by atoms with Crippen molar-refractivity contribution in [3.63, 3.8) is 0 Å². The zero-order chi connectivity index (χ0) is 14.9. The fraction of sp³-hybridized carbons (Fsp3) is 0.368. The Kier molecular flexibility index (Phi) is 6.29. The molecule has 2 aromatic rings. The Morgan fingerprint density at radius 3 is 2.57 bits per heavy atom. The third-order valence-corrected chi connectivity index (χ3v) is 3.72. The monoisotopic (exact) mass is 283 g/mol. The Morgan fingerprint density at radius 2 is 1.86 bits per heavy atom. The molecule has 112 valence electrons. The van der Waals surface area contributed by atoms with E-state index in [0.717, 1.165) is 18.7 Å². The molecule has 1 atom stereocenters.